The van der Waals surface area contributed by atoms with Crippen molar-refractivity contribution in [3.63, 3.8) is 0 Å². The van der Waals surface area contributed by atoms with Gasteiger partial charge < -0.3 is 11.1 Å². The molecule has 0 radical (unpaired) electrons. The molecule has 0 saturated carbocycles. The van der Waals surface area contributed by atoms with Gasteiger partial charge in [0.05, 0.1) is 5.92 Å². The Morgan fingerprint density at radius 1 is 1.50 bits per heavy atom. The molecule has 0 heterocycles. The first-order valence-corrected chi connectivity index (χ1v) is 5.23. The van der Waals surface area contributed by atoms with Crippen LogP contribution < -0.4 is 11.1 Å². The highest BCUT2D eigenvalue weighted by Crippen LogP contribution is 2.03. The van der Waals surface area contributed by atoms with Gasteiger partial charge in [0.2, 0.25) is 5.91 Å². The first kappa shape index (κ1) is 13.2. The average molecular weight is 198 g/mol. The lowest BCUT2D eigenvalue weighted by Crippen LogP contribution is -2.35. The highest BCUT2D eigenvalue weighted by Gasteiger charge is 2.13. The van der Waals surface area contributed by atoms with E-state index in [2.05, 4.69) is 12.2 Å². The molecule has 82 valence electrons. The van der Waals surface area contributed by atoms with Gasteiger partial charge in [-0.3, -0.25) is 4.79 Å². The second kappa shape index (κ2) is 7.56. The summed E-state index contributed by atoms with van der Waals surface area (Å²) >= 11 is 0. The zero-order valence-electron chi connectivity index (χ0n) is 9.47. The second-order valence-electron chi connectivity index (χ2n) is 3.75. The van der Waals surface area contributed by atoms with Gasteiger partial charge in [-0.2, -0.15) is 0 Å². The minimum absolute atomic E-state index is 0.0226. The fourth-order valence-electron chi connectivity index (χ4n) is 1.20. The van der Waals surface area contributed by atoms with E-state index in [1.165, 1.54) is 5.57 Å². The maximum atomic E-state index is 11.5. The predicted molar refractivity (Wildman–Crippen MR) is 59.9 cm³/mol. The van der Waals surface area contributed by atoms with E-state index in [0.29, 0.717) is 13.1 Å². The lowest BCUT2D eigenvalue weighted by atomic mass is 10.0. The van der Waals surface area contributed by atoms with Gasteiger partial charge in [-0.15, -0.1) is 0 Å². The minimum atomic E-state index is -0.0226. The van der Waals surface area contributed by atoms with Crippen molar-refractivity contribution in [1.29, 1.82) is 0 Å². The van der Waals surface area contributed by atoms with E-state index >= 15 is 0 Å². The molecule has 0 aliphatic rings. The molecule has 14 heavy (non-hydrogen) atoms. The standard InChI is InChI=1S/C11H22N2O/c1-4-5-10(8-12)11(14)13-7-6-9(2)3/h6,10H,4-5,7-8,12H2,1-3H3,(H,13,14). The van der Waals surface area contributed by atoms with E-state index < -0.39 is 0 Å². The monoisotopic (exact) mass is 198 g/mol. The molecule has 0 aliphatic carbocycles. The molecule has 1 atom stereocenters. The number of rotatable bonds is 6. The van der Waals surface area contributed by atoms with Crippen molar-refractivity contribution in [2.24, 2.45) is 11.7 Å². The molecular weight excluding hydrogens is 176 g/mol. The topological polar surface area (TPSA) is 55.1 Å². The van der Waals surface area contributed by atoms with Crippen LogP contribution in [0.25, 0.3) is 0 Å². The number of allylic oxidation sites excluding steroid dienone is 1. The van der Waals surface area contributed by atoms with E-state index in [0.717, 1.165) is 12.8 Å². The van der Waals surface area contributed by atoms with Crippen LogP contribution in [-0.4, -0.2) is 19.0 Å². The van der Waals surface area contributed by atoms with Crippen LogP contribution in [0.15, 0.2) is 11.6 Å². The van der Waals surface area contributed by atoms with Gasteiger partial charge in [0.15, 0.2) is 0 Å². The summed E-state index contributed by atoms with van der Waals surface area (Å²) in [6, 6.07) is 0. The van der Waals surface area contributed by atoms with E-state index in [9.17, 15) is 4.79 Å². The zero-order valence-corrected chi connectivity index (χ0v) is 9.47. The van der Waals surface area contributed by atoms with Crippen molar-refractivity contribution in [3.8, 4) is 0 Å². The van der Waals surface area contributed by atoms with Gasteiger partial charge >= 0.3 is 0 Å². The Morgan fingerprint density at radius 3 is 2.57 bits per heavy atom. The third-order valence-electron chi connectivity index (χ3n) is 2.08. The molecule has 3 nitrogen and oxygen atoms in total. The van der Waals surface area contributed by atoms with E-state index in [4.69, 9.17) is 5.73 Å². The van der Waals surface area contributed by atoms with Crippen LogP contribution in [0.4, 0.5) is 0 Å². The van der Waals surface area contributed by atoms with Crippen LogP contribution in [0, 0.1) is 5.92 Å². The SMILES string of the molecule is CCCC(CN)C(=O)NCC=C(C)C. The molecule has 0 rings (SSSR count). The molecule has 1 amide bonds. The Bertz CT molecular complexity index is 195. The second-order valence-corrected chi connectivity index (χ2v) is 3.75. The fraction of sp³-hybridized carbons (Fsp3) is 0.727. The molecule has 0 fully saturated rings. The van der Waals surface area contributed by atoms with Crippen LogP contribution in [-0.2, 0) is 4.79 Å². The summed E-state index contributed by atoms with van der Waals surface area (Å²) in [5, 5.41) is 2.85. The van der Waals surface area contributed by atoms with Crippen molar-refractivity contribution in [3.05, 3.63) is 11.6 Å². The van der Waals surface area contributed by atoms with Crippen molar-refractivity contribution in [2.45, 2.75) is 33.6 Å². The summed E-state index contributed by atoms with van der Waals surface area (Å²) in [7, 11) is 0. The smallest absolute Gasteiger partial charge is 0.224 e. The van der Waals surface area contributed by atoms with E-state index in [1.54, 1.807) is 0 Å². The quantitative estimate of drug-likeness (QED) is 0.635. The summed E-state index contributed by atoms with van der Waals surface area (Å²) < 4.78 is 0. The van der Waals surface area contributed by atoms with Crippen LogP contribution in [0.2, 0.25) is 0 Å². The molecule has 0 bridgehead atoms. The highest BCUT2D eigenvalue weighted by atomic mass is 16.1. The number of amides is 1. The van der Waals surface area contributed by atoms with Gasteiger partial charge in [0, 0.05) is 13.1 Å². The Balaban J connectivity index is 3.86. The average Bonchev–Trinajstić information content (AvgIpc) is 2.13. The highest BCUT2D eigenvalue weighted by molar-refractivity contribution is 5.78. The number of carbonyl (C=O) groups excluding carboxylic acids is 1. The molecule has 0 aromatic heterocycles. The normalized spacial score (nSPS) is 12.0. The molecule has 0 aromatic carbocycles. The van der Waals surface area contributed by atoms with Crippen LogP contribution in [0.3, 0.4) is 0 Å². The summed E-state index contributed by atoms with van der Waals surface area (Å²) in [6.07, 6.45) is 3.87. The summed E-state index contributed by atoms with van der Waals surface area (Å²) in [5.41, 5.74) is 6.73. The molecule has 1 unspecified atom stereocenters. The number of hydrogen-bond acceptors (Lipinski definition) is 2. The van der Waals surface area contributed by atoms with Gasteiger partial charge in [-0.1, -0.05) is 25.0 Å². The number of nitrogens with one attached hydrogen (secondary N) is 1. The molecular formula is C11H22N2O. The van der Waals surface area contributed by atoms with Crippen molar-refractivity contribution in [1.82, 2.24) is 5.32 Å². The van der Waals surface area contributed by atoms with Gasteiger partial charge in [-0.05, 0) is 20.3 Å². The third kappa shape index (κ3) is 5.75. The van der Waals surface area contributed by atoms with Crippen molar-refractivity contribution >= 4 is 5.91 Å². The molecule has 0 saturated heterocycles. The van der Waals surface area contributed by atoms with E-state index in [1.807, 2.05) is 19.9 Å². The largest absolute Gasteiger partial charge is 0.352 e. The van der Waals surface area contributed by atoms with Gasteiger partial charge in [0.1, 0.15) is 0 Å². The third-order valence-corrected chi connectivity index (χ3v) is 2.08. The lowest BCUT2D eigenvalue weighted by Gasteiger charge is -2.12. The molecule has 3 N–H and O–H groups in total. The maximum absolute atomic E-state index is 11.5. The van der Waals surface area contributed by atoms with E-state index in [-0.39, 0.29) is 11.8 Å². The molecule has 0 aromatic rings. The lowest BCUT2D eigenvalue weighted by molar-refractivity contribution is -0.124. The first-order valence-electron chi connectivity index (χ1n) is 5.23. The maximum Gasteiger partial charge on any atom is 0.224 e. The Hall–Kier alpha value is -0.830. The zero-order chi connectivity index (χ0) is 11.0. The first-order chi connectivity index (χ1) is 6.61. The van der Waals surface area contributed by atoms with Crippen LogP contribution in [0.5, 0.6) is 0 Å². The predicted octanol–water partition coefficient (Wildman–Crippen LogP) is 1.44. The van der Waals surface area contributed by atoms with Crippen molar-refractivity contribution in [2.75, 3.05) is 13.1 Å². The fourth-order valence-corrected chi connectivity index (χ4v) is 1.20. The summed E-state index contributed by atoms with van der Waals surface area (Å²) in [5.74, 6) is 0.0532. The number of carbonyl (C=O) groups is 1. The van der Waals surface area contributed by atoms with Crippen LogP contribution in [0.1, 0.15) is 33.6 Å². The summed E-state index contributed by atoms with van der Waals surface area (Å²) in [4.78, 5) is 11.5. The molecule has 3 heteroatoms. The molecule has 0 aliphatic heterocycles. The Morgan fingerprint density at radius 2 is 2.14 bits per heavy atom. The Kier molecular flexibility index (Phi) is 7.11. The Labute approximate surface area is 86.8 Å². The van der Waals surface area contributed by atoms with Gasteiger partial charge in [-0.25, -0.2) is 0 Å². The number of hydrogen-bond donors (Lipinski definition) is 2. The molecule has 0 spiro atoms. The van der Waals surface area contributed by atoms with Crippen LogP contribution >= 0.6 is 0 Å². The van der Waals surface area contributed by atoms with Gasteiger partial charge in [0.25, 0.3) is 0 Å². The summed E-state index contributed by atoms with van der Waals surface area (Å²) in [6.45, 7) is 7.14. The number of nitrogens with two attached hydrogens (primary N) is 1. The van der Waals surface area contributed by atoms with Crippen molar-refractivity contribution < 1.29 is 4.79 Å². The minimum Gasteiger partial charge on any atom is -0.352 e.